The van der Waals surface area contributed by atoms with E-state index < -0.39 is 4.92 Å². The van der Waals surface area contributed by atoms with Crippen LogP contribution in [0.5, 0.6) is 5.75 Å². The lowest BCUT2D eigenvalue weighted by Crippen LogP contribution is -2.06. The number of phenolic OH excluding ortho intramolecular Hbond substituents is 1. The fourth-order valence-electron chi connectivity index (χ4n) is 4.00. The van der Waals surface area contributed by atoms with Crippen LogP contribution in [0.1, 0.15) is 16.7 Å². The number of fused-ring (bicyclic) bond motifs is 2. The summed E-state index contributed by atoms with van der Waals surface area (Å²) in [7, 11) is 0. The summed E-state index contributed by atoms with van der Waals surface area (Å²) in [6.07, 6.45) is 8.64. The third-order valence-electron chi connectivity index (χ3n) is 5.36. The molecule has 0 aliphatic heterocycles. The van der Waals surface area contributed by atoms with Gasteiger partial charge in [0, 0.05) is 10.5 Å². The number of phenols is 1. The maximum Gasteiger partial charge on any atom is 0.163 e. The second-order valence-corrected chi connectivity index (χ2v) is 7.00. The van der Waals surface area contributed by atoms with E-state index in [4.69, 9.17) is 0 Å². The second kappa shape index (κ2) is 6.53. The zero-order valence-corrected chi connectivity index (χ0v) is 15.4. The number of aromatic hydroxyl groups is 1. The first-order valence-corrected chi connectivity index (χ1v) is 9.28. The summed E-state index contributed by atoms with van der Waals surface area (Å²) in [4.78, 5) is 10.6. The highest BCUT2D eigenvalue weighted by Gasteiger charge is 2.23. The van der Waals surface area contributed by atoms with Crippen LogP contribution < -0.4 is 0 Å². The fourth-order valence-corrected chi connectivity index (χ4v) is 4.00. The Hall–Kier alpha value is -4.05. The summed E-state index contributed by atoms with van der Waals surface area (Å²) in [5, 5.41) is 23.8. The van der Waals surface area contributed by atoms with Crippen molar-refractivity contribution in [3.8, 4) is 5.75 Å². The normalized spacial score (nSPS) is 15.0. The van der Waals surface area contributed by atoms with Gasteiger partial charge in [0.05, 0.1) is 0 Å². The number of hydrogen-bond acceptors (Lipinski definition) is 3. The van der Waals surface area contributed by atoms with Crippen molar-refractivity contribution in [3.05, 3.63) is 129 Å². The maximum atomic E-state index is 11.0. The molecule has 2 aliphatic rings. The minimum Gasteiger partial charge on any atom is -0.507 e. The molecule has 0 atom stereocenters. The van der Waals surface area contributed by atoms with Crippen LogP contribution in [0.15, 0.2) is 96.6 Å². The predicted octanol–water partition coefficient (Wildman–Crippen LogP) is 5.68. The molecule has 0 saturated carbocycles. The van der Waals surface area contributed by atoms with E-state index in [1.807, 2.05) is 54.6 Å². The molecule has 0 fully saturated rings. The third-order valence-corrected chi connectivity index (χ3v) is 5.36. The Morgan fingerprint density at radius 1 is 0.862 bits per heavy atom. The molecule has 0 heterocycles. The molecule has 0 amide bonds. The van der Waals surface area contributed by atoms with Gasteiger partial charge in [0.2, 0.25) is 0 Å². The molecule has 29 heavy (non-hydrogen) atoms. The molecule has 5 rings (SSSR count). The minimum atomic E-state index is -0.396. The third kappa shape index (κ3) is 2.74. The summed E-state index contributed by atoms with van der Waals surface area (Å²) in [5.74, 6) is 0.231. The molecule has 3 aromatic carbocycles. The van der Waals surface area contributed by atoms with Crippen molar-refractivity contribution in [2.24, 2.45) is 0 Å². The van der Waals surface area contributed by atoms with Gasteiger partial charge in [-0.3, -0.25) is 10.1 Å². The van der Waals surface area contributed by atoms with Crippen LogP contribution in [-0.2, 0) is 0 Å². The standard InChI is InChI=1S/C25H16NO3/c27-24-14-11-16-5-1-2-6-19(16)25(24)23-15-22(20-7-3-4-8-21(20)23)17-9-12-18(13-10-17)26(28)29/h1-15,27H/q-1. The summed E-state index contributed by atoms with van der Waals surface area (Å²) < 4.78 is 0. The first kappa shape index (κ1) is 17.1. The molecular weight excluding hydrogens is 362 g/mol. The van der Waals surface area contributed by atoms with E-state index in [0.29, 0.717) is 0 Å². The van der Waals surface area contributed by atoms with Gasteiger partial charge in [0.15, 0.2) is 6.04 Å². The molecule has 1 N–H and O–H groups in total. The van der Waals surface area contributed by atoms with E-state index >= 15 is 0 Å². The van der Waals surface area contributed by atoms with E-state index in [0.717, 1.165) is 44.2 Å². The highest BCUT2D eigenvalue weighted by Crippen LogP contribution is 2.45. The zero-order chi connectivity index (χ0) is 20.0. The van der Waals surface area contributed by atoms with Gasteiger partial charge in [-0.2, -0.15) is 12.2 Å². The lowest BCUT2D eigenvalue weighted by molar-refractivity contribution is -0.448. The van der Waals surface area contributed by atoms with Crippen molar-refractivity contribution in [3.63, 3.8) is 0 Å². The first-order valence-electron chi connectivity index (χ1n) is 9.28. The fraction of sp³-hybridized carbons (Fsp3) is 0. The van der Waals surface area contributed by atoms with Gasteiger partial charge >= 0.3 is 0 Å². The summed E-state index contributed by atoms with van der Waals surface area (Å²) in [5.41, 5.74) is 5.71. The summed E-state index contributed by atoms with van der Waals surface area (Å²) in [6.45, 7) is 0. The van der Waals surface area contributed by atoms with Crippen molar-refractivity contribution >= 4 is 21.9 Å². The Labute approximate surface area is 167 Å². The number of allylic oxidation sites excluding steroid dienone is 5. The molecule has 4 nitrogen and oxygen atoms in total. The molecule has 4 heteroatoms. The number of nitro groups is 1. The lowest BCUT2D eigenvalue weighted by Gasteiger charge is -2.15. The van der Waals surface area contributed by atoms with Gasteiger partial charge in [-0.25, -0.2) is 0 Å². The number of benzene rings is 3. The van der Waals surface area contributed by atoms with Crippen molar-refractivity contribution in [1.29, 1.82) is 0 Å². The molecule has 0 spiro atoms. The maximum absolute atomic E-state index is 11.0. The van der Waals surface area contributed by atoms with Crippen LogP contribution in [0, 0.1) is 16.2 Å². The Morgan fingerprint density at radius 3 is 2.31 bits per heavy atom. The average Bonchev–Trinajstić information content (AvgIpc) is 3.13. The van der Waals surface area contributed by atoms with Crippen molar-refractivity contribution in [2.45, 2.75) is 0 Å². The molecule has 2 aliphatic carbocycles. The summed E-state index contributed by atoms with van der Waals surface area (Å²) >= 11 is 0. The molecule has 140 valence electrons. The lowest BCUT2D eigenvalue weighted by atomic mass is 9.93. The molecule has 0 unspecified atom stereocenters. The van der Waals surface area contributed by atoms with Crippen LogP contribution in [0.3, 0.4) is 0 Å². The van der Waals surface area contributed by atoms with E-state index in [9.17, 15) is 15.2 Å². The van der Waals surface area contributed by atoms with Gasteiger partial charge < -0.3 is 5.11 Å². The topological polar surface area (TPSA) is 63.4 Å². The van der Waals surface area contributed by atoms with Crippen LogP contribution in [0.25, 0.3) is 21.9 Å². The number of nitrogens with zero attached hydrogens (tertiary/aromatic N) is 1. The van der Waals surface area contributed by atoms with Crippen LogP contribution in [0.4, 0.5) is 0 Å². The van der Waals surface area contributed by atoms with E-state index in [1.54, 1.807) is 18.2 Å². The summed E-state index contributed by atoms with van der Waals surface area (Å²) in [6, 6.07) is 19.7. The van der Waals surface area contributed by atoms with Crippen molar-refractivity contribution in [1.82, 2.24) is 0 Å². The van der Waals surface area contributed by atoms with Crippen LogP contribution in [-0.4, -0.2) is 10.0 Å². The van der Waals surface area contributed by atoms with Gasteiger partial charge in [-0.05, 0) is 45.2 Å². The largest absolute Gasteiger partial charge is 0.507 e. The smallest absolute Gasteiger partial charge is 0.163 e. The Kier molecular flexibility index (Phi) is 3.85. The highest BCUT2D eigenvalue weighted by molar-refractivity contribution is 6.09. The van der Waals surface area contributed by atoms with E-state index in [-0.39, 0.29) is 11.8 Å². The van der Waals surface area contributed by atoms with Gasteiger partial charge in [0.1, 0.15) is 5.75 Å². The van der Waals surface area contributed by atoms with Gasteiger partial charge in [0.25, 0.3) is 0 Å². The Morgan fingerprint density at radius 2 is 1.55 bits per heavy atom. The predicted molar refractivity (Wildman–Crippen MR) is 115 cm³/mol. The highest BCUT2D eigenvalue weighted by atomic mass is 16.6. The minimum absolute atomic E-state index is 0.0662. The second-order valence-electron chi connectivity index (χ2n) is 7.00. The number of rotatable bonds is 2. The molecule has 0 radical (unpaired) electrons. The van der Waals surface area contributed by atoms with Gasteiger partial charge in [-0.15, -0.1) is 5.57 Å². The quantitative estimate of drug-likeness (QED) is 0.354. The first-order chi connectivity index (χ1) is 14.1. The average molecular weight is 378 g/mol. The molecular formula is C25H16NO3-. The Balaban J connectivity index is 1.74. The SMILES string of the molecule is O=[N+]([O-])[C-]1C=CC(=C2C=C(c3c(O)ccc4ccccc34)c3ccccc32)C=C1. The molecule has 0 aromatic heterocycles. The van der Waals surface area contributed by atoms with Crippen molar-refractivity contribution < 1.29 is 10.0 Å². The van der Waals surface area contributed by atoms with Gasteiger partial charge in [-0.1, -0.05) is 66.7 Å². The van der Waals surface area contributed by atoms with E-state index in [2.05, 4.69) is 6.08 Å². The monoisotopic (exact) mass is 378 g/mol. The molecule has 0 saturated heterocycles. The van der Waals surface area contributed by atoms with Crippen molar-refractivity contribution in [2.75, 3.05) is 0 Å². The molecule has 3 aromatic rings. The van der Waals surface area contributed by atoms with Crippen LogP contribution in [0.2, 0.25) is 0 Å². The Bertz CT molecular complexity index is 1280. The zero-order valence-electron chi connectivity index (χ0n) is 15.4. The van der Waals surface area contributed by atoms with Crippen LogP contribution >= 0.6 is 0 Å². The molecule has 0 bridgehead atoms. The van der Waals surface area contributed by atoms with E-state index in [1.165, 1.54) is 12.2 Å². The number of hydrogen-bond donors (Lipinski definition) is 1.